The van der Waals surface area contributed by atoms with Gasteiger partial charge in [0.1, 0.15) is 0 Å². The average molecular weight is 446 g/mol. The molecule has 2 amide bonds. The summed E-state index contributed by atoms with van der Waals surface area (Å²) < 4.78 is 5.31. The zero-order valence-corrected chi connectivity index (χ0v) is 19.5. The van der Waals surface area contributed by atoms with Crippen molar-refractivity contribution in [2.45, 2.75) is 51.9 Å². The van der Waals surface area contributed by atoms with Crippen LogP contribution in [0, 0.1) is 5.92 Å². The first kappa shape index (κ1) is 24.4. The van der Waals surface area contributed by atoms with Crippen molar-refractivity contribution in [2.24, 2.45) is 5.92 Å². The lowest BCUT2D eigenvalue weighted by Gasteiger charge is -2.35. The van der Waals surface area contributed by atoms with Crippen LogP contribution in [-0.4, -0.2) is 79.4 Å². The summed E-state index contributed by atoms with van der Waals surface area (Å²) in [5, 5.41) is 8.93. The van der Waals surface area contributed by atoms with Gasteiger partial charge in [-0.15, -0.1) is 0 Å². The molecule has 2 heterocycles. The number of carbonyl (C=O) groups is 2. The van der Waals surface area contributed by atoms with E-state index in [-0.39, 0.29) is 18.6 Å². The molecule has 0 spiro atoms. The van der Waals surface area contributed by atoms with Crippen molar-refractivity contribution >= 4 is 17.7 Å². The van der Waals surface area contributed by atoms with Gasteiger partial charge >= 0.3 is 6.09 Å². The first-order chi connectivity index (χ1) is 15.6. The quantitative estimate of drug-likeness (QED) is 0.586. The largest absolute Gasteiger partial charge is 0.449 e. The van der Waals surface area contributed by atoms with Crippen LogP contribution in [0.3, 0.4) is 0 Å². The van der Waals surface area contributed by atoms with Crippen LogP contribution in [0.4, 0.5) is 10.5 Å². The third-order valence-corrected chi connectivity index (χ3v) is 6.66. The Balaban J connectivity index is 1.43. The molecular weight excluding hydrogens is 406 g/mol. The summed E-state index contributed by atoms with van der Waals surface area (Å²) in [7, 11) is 0. The fourth-order valence-corrected chi connectivity index (χ4v) is 4.51. The highest BCUT2D eigenvalue weighted by atomic mass is 16.6. The highest BCUT2D eigenvalue weighted by Gasteiger charge is 2.25. The van der Waals surface area contributed by atoms with Gasteiger partial charge in [-0.1, -0.05) is 26.2 Å². The van der Waals surface area contributed by atoms with E-state index < -0.39 is 0 Å². The molecule has 0 radical (unpaired) electrons. The Morgan fingerprint density at radius 3 is 2.25 bits per heavy atom. The van der Waals surface area contributed by atoms with Crippen molar-refractivity contribution in [3.8, 4) is 0 Å². The van der Waals surface area contributed by atoms with Gasteiger partial charge < -0.3 is 24.5 Å². The number of unbranched alkanes of at least 4 members (excludes halogenated alkanes) is 2. The van der Waals surface area contributed by atoms with Crippen LogP contribution in [0.1, 0.15) is 62.2 Å². The molecular formula is C25H39N3O4. The summed E-state index contributed by atoms with van der Waals surface area (Å²) in [5.74, 6) is 0.792. The molecule has 1 aromatic rings. The van der Waals surface area contributed by atoms with Crippen LogP contribution in [0.2, 0.25) is 0 Å². The number of amides is 2. The van der Waals surface area contributed by atoms with Crippen LogP contribution in [0.15, 0.2) is 24.3 Å². The third-order valence-electron chi connectivity index (χ3n) is 6.66. The van der Waals surface area contributed by atoms with Crippen molar-refractivity contribution in [1.82, 2.24) is 9.80 Å². The van der Waals surface area contributed by atoms with E-state index in [1.54, 1.807) is 4.90 Å². The Hall–Kier alpha value is -2.28. The molecule has 32 heavy (non-hydrogen) atoms. The number of aliphatic hydroxyl groups excluding tert-OH is 1. The van der Waals surface area contributed by atoms with E-state index >= 15 is 0 Å². The maximum Gasteiger partial charge on any atom is 0.409 e. The monoisotopic (exact) mass is 445 g/mol. The van der Waals surface area contributed by atoms with Crippen molar-refractivity contribution in [3.63, 3.8) is 0 Å². The summed E-state index contributed by atoms with van der Waals surface area (Å²) in [6, 6.07) is 7.89. The Kier molecular flexibility index (Phi) is 9.65. The number of aliphatic hydroxyl groups is 1. The molecule has 0 atom stereocenters. The van der Waals surface area contributed by atoms with E-state index in [0.29, 0.717) is 25.6 Å². The molecule has 3 rings (SSSR count). The Labute approximate surface area is 192 Å². The van der Waals surface area contributed by atoms with Crippen molar-refractivity contribution in [3.05, 3.63) is 29.8 Å². The predicted octanol–water partition coefficient (Wildman–Crippen LogP) is 3.76. The van der Waals surface area contributed by atoms with E-state index in [2.05, 4.69) is 11.8 Å². The summed E-state index contributed by atoms with van der Waals surface area (Å²) >= 11 is 0. The standard InChI is InChI=1S/C25H39N3O4/c1-2-3-20-32-25(31)28-17-15-26(16-18-28)23-9-7-22(8-10-23)24(30)27-13-11-21(12-14-27)6-4-5-19-29/h7-10,21,29H,2-6,11-20H2,1H3. The second-order valence-corrected chi connectivity index (χ2v) is 8.94. The first-order valence-electron chi connectivity index (χ1n) is 12.3. The average Bonchev–Trinajstić information content (AvgIpc) is 2.84. The van der Waals surface area contributed by atoms with E-state index in [0.717, 1.165) is 82.4 Å². The molecule has 0 bridgehead atoms. The van der Waals surface area contributed by atoms with Gasteiger partial charge in [0.25, 0.3) is 5.91 Å². The van der Waals surface area contributed by atoms with Gasteiger partial charge in [0.2, 0.25) is 0 Å². The van der Waals surface area contributed by atoms with Gasteiger partial charge in [-0.25, -0.2) is 4.79 Å². The maximum absolute atomic E-state index is 12.9. The van der Waals surface area contributed by atoms with Gasteiger partial charge in [0.05, 0.1) is 6.61 Å². The van der Waals surface area contributed by atoms with Crippen LogP contribution < -0.4 is 4.90 Å². The molecule has 1 aromatic carbocycles. The minimum atomic E-state index is -0.212. The van der Waals surface area contributed by atoms with Crippen molar-refractivity contribution < 1.29 is 19.4 Å². The predicted molar refractivity (Wildman–Crippen MR) is 126 cm³/mol. The van der Waals surface area contributed by atoms with Gasteiger partial charge in [0.15, 0.2) is 0 Å². The minimum Gasteiger partial charge on any atom is -0.449 e. The Morgan fingerprint density at radius 1 is 0.938 bits per heavy atom. The number of benzene rings is 1. The summed E-state index contributed by atoms with van der Waals surface area (Å²) in [5.41, 5.74) is 1.83. The lowest BCUT2D eigenvalue weighted by Crippen LogP contribution is -2.49. The molecule has 7 heteroatoms. The Morgan fingerprint density at radius 2 is 1.62 bits per heavy atom. The maximum atomic E-state index is 12.9. The van der Waals surface area contributed by atoms with Gasteiger partial charge in [-0.05, 0) is 55.9 Å². The molecule has 0 unspecified atom stereocenters. The molecule has 0 aliphatic carbocycles. The number of piperazine rings is 1. The normalized spacial score (nSPS) is 17.5. The summed E-state index contributed by atoms with van der Waals surface area (Å²) in [6.45, 7) is 7.32. The zero-order chi connectivity index (χ0) is 22.8. The van der Waals surface area contributed by atoms with E-state index in [9.17, 15) is 9.59 Å². The number of anilines is 1. The molecule has 2 saturated heterocycles. The SMILES string of the molecule is CCCCOC(=O)N1CCN(c2ccc(C(=O)N3CCC(CCCCO)CC3)cc2)CC1. The lowest BCUT2D eigenvalue weighted by molar-refractivity contribution is 0.0685. The molecule has 2 aliphatic heterocycles. The van der Waals surface area contributed by atoms with Crippen molar-refractivity contribution in [2.75, 3.05) is 57.4 Å². The molecule has 0 aromatic heterocycles. The lowest BCUT2D eigenvalue weighted by atomic mass is 9.91. The number of hydrogen-bond acceptors (Lipinski definition) is 5. The number of likely N-dealkylation sites (tertiary alicyclic amines) is 1. The van der Waals surface area contributed by atoms with Crippen LogP contribution in [-0.2, 0) is 4.74 Å². The van der Waals surface area contributed by atoms with E-state index in [4.69, 9.17) is 9.84 Å². The van der Waals surface area contributed by atoms with Crippen molar-refractivity contribution in [1.29, 1.82) is 0 Å². The highest BCUT2D eigenvalue weighted by Crippen LogP contribution is 2.24. The second-order valence-electron chi connectivity index (χ2n) is 8.94. The molecule has 2 fully saturated rings. The number of nitrogens with zero attached hydrogens (tertiary/aromatic N) is 3. The number of carbonyl (C=O) groups excluding carboxylic acids is 2. The fraction of sp³-hybridized carbons (Fsp3) is 0.680. The number of rotatable bonds is 9. The number of hydrogen-bond donors (Lipinski definition) is 1. The van der Waals surface area contributed by atoms with Crippen LogP contribution in [0.25, 0.3) is 0 Å². The fourth-order valence-electron chi connectivity index (χ4n) is 4.51. The van der Waals surface area contributed by atoms with Gasteiger partial charge in [-0.3, -0.25) is 4.79 Å². The molecule has 0 saturated carbocycles. The van der Waals surface area contributed by atoms with Crippen LogP contribution >= 0.6 is 0 Å². The highest BCUT2D eigenvalue weighted by molar-refractivity contribution is 5.94. The topological polar surface area (TPSA) is 73.3 Å². The number of piperidine rings is 1. The summed E-state index contributed by atoms with van der Waals surface area (Å²) in [4.78, 5) is 31.0. The van der Waals surface area contributed by atoms with E-state index in [1.807, 2.05) is 29.2 Å². The molecule has 7 nitrogen and oxygen atoms in total. The molecule has 2 aliphatic rings. The van der Waals surface area contributed by atoms with Crippen LogP contribution in [0.5, 0.6) is 0 Å². The summed E-state index contributed by atoms with van der Waals surface area (Å²) in [6.07, 6.45) is 6.93. The van der Waals surface area contributed by atoms with Gasteiger partial charge in [-0.2, -0.15) is 0 Å². The zero-order valence-electron chi connectivity index (χ0n) is 19.5. The Bertz CT molecular complexity index is 708. The smallest absolute Gasteiger partial charge is 0.409 e. The molecule has 1 N–H and O–H groups in total. The molecule has 178 valence electrons. The van der Waals surface area contributed by atoms with E-state index in [1.165, 1.54) is 0 Å². The number of ether oxygens (including phenoxy) is 1. The minimum absolute atomic E-state index is 0.116. The second kappa shape index (κ2) is 12.7. The first-order valence-corrected chi connectivity index (χ1v) is 12.3. The van der Waals surface area contributed by atoms with Gasteiger partial charge in [0, 0.05) is 57.1 Å². The third kappa shape index (κ3) is 6.86.